The Morgan fingerprint density at radius 1 is 1.00 bits per heavy atom. The molecule has 0 radical (unpaired) electrons. The van der Waals surface area contributed by atoms with Crippen LogP contribution in [-0.4, -0.2) is 43.5 Å². The van der Waals surface area contributed by atoms with Gasteiger partial charge in [-0.25, -0.2) is 13.1 Å². The van der Waals surface area contributed by atoms with E-state index >= 15 is 0 Å². The molecule has 0 spiro atoms. The third-order valence-corrected chi connectivity index (χ3v) is 7.64. The van der Waals surface area contributed by atoms with Gasteiger partial charge >= 0.3 is 7.12 Å². The van der Waals surface area contributed by atoms with Crippen molar-refractivity contribution in [3.8, 4) is 0 Å². The van der Waals surface area contributed by atoms with E-state index in [2.05, 4.69) is 4.72 Å². The highest BCUT2D eigenvalue weighted by atomic mass is 32.2. The Labute approximate surface area is 162 Å². The molecule has 0 atom stereocenters. The van der Waals surface area contributed by atoms with Crippen molar-refractivity contribution in [3.05, 3.63) is 24.3 Å². The SMILES string of the molecule is CC1(O)CCC(NS(=O)(=O)c2ccc(B3OC(C)(C)C(C)(C)O3)cc2)CC1. The van der Waals surface area contributed by atoms with Crippen LogP contribution in [0.5, 0.6) is 0 Å². The molecule has 3 rings (SSSR count). The quantitative estimate of drug-likeness (QED) is 0.762. The average Bonchev–Trinajstić information content (AvgIpc) is 2.78. The molecule has 27 heavy (non-hydrogen) atoms. The molecule has 0 bridgehead atoms. The van der Waals surface area contributed by atoms with Gasteiger partial charge in [0.1, 0.15) is 0 Å². The first-order valence-corrected chi connectivity index (χ1v) is 11.0. The summed E-state index contributed by atoms with van der Waals surface area (Å²) in [7, 11) is -4.11. The van der Waals surface area contributed by atoms with Crippen molar-refractivity contribution >= 4 is 22.6 Å². The zero-order valence-electron chi connectivity index (χ0n) is 16.8. The fourth-order valence-corrected chi connectivity index (χ4v) is 4.73. The summed E-state index contributed by atoms with van der Waals surface area (Å²) in [5.41, 5.74) is -0.772. The van der Waals surface area contributed by atoms with Crippen LogP contribution in [0.2, 0.25) is 0 Å². The fraction of sp³-hybridized carbons (Fsp3) is 0.684. The second-order valence-corrected chi connectivity index (χ2v) is 10.8. The molecule has 150 valence electrons. The Morgan fingerprint density at radius 3 is 1.96 bits per heavy atom. The van der Waals surface area contributed by atoms with Gasteiger partial charge in [-0.3, -0.25) is 0 Å². The zero-order valence-corrected chi connectivity index (χ0v) is 17.6. The van der Waals surface area contributed by atoms with Crippen molar-refractivity contribution in [1.82, 2.24) is 4.72 Å². The minimum Gasteiger partial charge on any atom is -0.399 e. The van der Waals surface area contributed by atoms with Crippen LogP contribution in [0.25, 0.3) is 0 Å². The van der Waals surface area contributed by atoms with Crippen molar-refractivity contribution < 1.29 is 22.8 Å². The second kappa shape index (κ2) is 6.85. The molecule has 0 unspecified atom stereocenters. The van der Waals surface area contributed by atoms with E-state index in [1.807, 2.05) is 27.7 Å². The van der Waals surface area contributed by atoms with Crippen molar-refractivity contribution in [1.29, 1.82) is 0 Å². The lowest BCUT2D eigenvalue weighted by atomic mass is 9.79. The zero-order chi connectivity index (χ0) is 20.1. The van der Waals surface area contributed by atoms with Crippen LogP contribution < -0.4 is 10.2 Å². The van der Waals surface area contributed by atoms with Crippen LogP contribution in [0, 0.1) is 0 Å². The van der Waals surface area contributed by atoms with Crippen molar-refractivity contribution in [2.24, 2.45) is 0 Å². The lowest BCUT2D eigenvalue weighted by Crippen LogP contribution is -2.42. The summed E-state index contributed by atoms with van der Waals surface area (Å²) in [6.07, 6.45) is 2.47. The normalized spacial score (nSPS) is 30.4. The lowest BCUT2D eigenvalue weighted by Gasteiger charge is -2.33. The van der Waals surface area contributed by atoms with Gasteiger partial charge in [0.05, 0.1) is 21.7 Å². The molecular formula is C19H30BNO5S. The smallest absolute Gasteiger partial charge is 0.399 e. The molecule has 1 aliphatic heterocycles. The summed E-state index contributed by atoms with van der Waals surface area (Å²) in [5.74, 6) is 0. The predicted octanol–water partition coefficient (Wildman–Crippen LogP) is 1.96. The Kier molecular flexibility index (Phi) is 5.27. The Morgan fingerprint density at radius 2 is 1.48 bits per heavy atom. The number of aliphatic hydroxyl groups is 1. The van der Waals surface area contributed by atoms with Crippen LogP contribution in [0.1, 0.15) is 60.3 Å². The molecule has 1 saturated carbocycles. The molecule has 1 aromatic rings. The van der Waals surface area contributed by atoms with Gasteiger partial charge < -0.3 is 14.4 Å². The average molecular weight is 395 g/mol. The molecule has 6 nitrogen and oxygen atoms in total. The van der Waals surface area contributed by atoms with Gasteiger partial charge in [0, 0.05) is 6.04 Å². The highest BCUT2D eigenvalue weighted by Gasteiger charge is 2.51. The van der Waals surface area contributed by atoms with Gasteiger partial charge in [0.15, 0.2) is 0 Å². The largest absolute Gasteiger partial charge is 0.494 e. The van der Waals surface area contributed by atoms with E-state index in [0.29, 0.717) is 25.7 Å². The molecule has 2 fully saturated rings. The summed E-state index contributed by atoms with van der Waals surface area (Å²) in [5, 5.41) is 10.0. The van der Waals surface area contributed by atoms with E-state index in [0.717, 1.165) is 5.46 Å². The van der Waals surface area contributed by atoms with Crippen LogP contribution >= 0.6 is 0 Å². The Balaban J connectivity index is 1.68. The number of benzene rings is 1. The first-order valence-electron chi connectivity index (χ1n) is 9.52. The molecule has 0 amide bonds. The number of nitrogens with one attached hydrogen (secondary N) is 1. The molecule has 2 aliphatic rings. The monoisotopic (exact) mass is 395 g/mol. The lowest BCUT2D eigenvalue weighted by molar-refractivity contribution is 0.00578. The maximum absolute atomic E-state index is 12.7. The van der Waals surface area contributed by atoms with Crippen molar-refractivity contribution in [2.45, 2.75) is 88.0 Å². The van der Waals surface area contributed by atoms with E-state index in [4.69, 9.17) is 9.31 Å². The van der Waals surface area contributed by atoms with Crippen LogP contribution in [-0.2, 0) is 19.3 Å². The van der Waals surface area contributed by atoms with E-state index in [1.165, 1.54) is 0 Å². The number of sulfonamides is 1. The topological polar surface area (TPSA) is 84.9 Å². The molecule has 1 aliphatic carbocycles. The Bertz CT molecular complexity index is 763. The summed E-state index contributed by atoms with van der Waals surface area (Å²) in [4.78, 5) is 0.222. The molecule has 1 aromatic carbocycles. The van der Waals surface area contributed by atoms with Gasteiger partial charge in [-0.15, -0.1) is 0 Å². The van der Waals surface area contributed by atoms with E-state index in [9.17, 15) is 13.5 Å². The van der Waals surface area contributed by atoms with Crippen molar-refractivity contribution in [2.75, 3.05) is 0 Å². The molecule has 1 saturated heterocycles. The maximum Gasteiger partial charge on any atom is 0.494 e. The molecule has 0 aromatic heterocycles. The van der Waals surface area contributed by atoms with Crippen molar-refractivity contribution in [3.63, 3.8) is 0 Å². The fourth-order valence-electron chi connectivity index (χ4n) is 3.43. The van der Waals surface area contributed by atoms with Crippen LogP contribution in [0.4, 0.5) is 0 Å². The van der Waals surface area contributed by atoms with E-state index in [-0.39, 0.29) is 10.9 Å². The first-order chi connectivity index (χ1) is 12.3. The summed E-state index contributed by atoms with van der Waals surface area (Å²) in [6.45, 7) is 9.73. The van der Waals surface area contributed by atoms with Crippen LogP contribution in [0.3, 0.4) is 0 Å². The van der Waals surface area contributed by atoms with E-state index < -0.39 is 33.9 Å². The minimum absolute atomic E-state index is 0.141. The molecule has 2 N–H and O–H groups in total. The number of hydrogen-bond donors (Lipinski definition) is 2. The molecule has 1 heterocycles. The highest BCUT2D eigenvalue weighted by molar-refractivity contribution is 7.89. The summed E-state index contributed by atoms with van der Waals surface area (Å²) < 4.78 is 40.1. The minimum atomic E-state index is -3.60. The molecular weight excluding hydrogens is 365 g/mol. The van der Waals surface area contributed by atoms with Gasteiger partial charge in [-0.05, 0) is 77.9 Å². The highest BCUT2D eigenvalue weighted by Crippen LogP contribution is 2.36. The van der Waals surface area contributed by atoms with Gasteiger partial charge in [0.25, 0.3) is 0 Å². The predicted molar refractivity (Wildman–Crippen MR) is 105 cm³/mol. The summed E-state index contributed by atoms with van der Waals surface area (Å²) in [6, 6.07) is 6.51. The molecule has 8 heteroatoms. The first kappa shape index (κ1) is 20.8. The van der Waals surface area contributed by atoms with E-state index in [1.54, 1.807) is 31.2 Å². The van der Waals surface area contributed by atoms with Gasteiger partial charge in [-0.2, -0.15) is 0 Å². The Hall–Kier alpha value is -0.925. The van der Waals surface area contributed by atoms with Crippen LogP contribution in [0.15, 0.2) is 29.2 Å². The standard InChI is InChI=1S/C19H30BNO5S/c1-17(2)18(3,4)26-20(25-17)14-6-8-16(9-7-14)27(23,24)21-15-10-12-19(5,22)13-11-15/h6-9,15,21-22H,10-13H2,1-5H3. The van der Waals surface area contributed by atoms with Gasteiger partial charge in [-0.1, -0.05) is 12.1 Å². The number of rotatable bonds is 4. The summed E-state index contributed by atoms with van der Waals surface area (Å²) >= 11 is 0. The second-order valence-electron chi connectivity index (χ2n) is 9.05. The third kappa shape index (κ3) is 4.40. The third-order valence-electron chi connectivity index (χ3n) is 6.10. The number of hydrogen-bond acceptors (Lipinski definition) is 5. The van der Waals surface area contributed by atoms with Gasteiger partial charge in [0.2, 0.25) is 10.0 Å². The maximum atomic E-state index is 12.7.